The Labute approximate surface area is 64.8 Å². The molecule has 1 heterocycles. The van der Waals surface area contributed by atoms with Crippen LogP contribution in [-0.2, 0) is 0 Å². The molecule has 2 rings (SSSR count). The van der Waals surface area contributed by atoms with Gasteiger partial charge in [-0.1, -0.05) is 18.7 Å². The number of hydrogen-bond donors (Lipinski definition) is 0. The van der Waals surface area contributed by atoms with E-state index in [1.807, 2.05) is 24.3 Å². The molecular formula is C9H7N2. The Morgan fingerprint density at radius 1 is 1.45 bits per heavy atom. The zero-order valence-corrected chi connectivity index (χ0v) is 5.99. The number of benzene rings is 1. The Bertz CT molecular complexity index is 387. The third kappa shape index (κ3) is 0.835. The molecule has 0 aliphatic heterocycles. The van der Waals surface area contributed by atoms with Gasteiger partial charge in [0.25, 0.3) is 0 Å². The summed E-state index contributed by atoms with van der Waals surface area (Å²) in [6.07, 6.45) is 4.50. The van der Waals surface area contributed by atoms with Crippen molar-refractivity contribution in [2.75, 3.05) is 0 Å². The first-order chi connectivity index (χ1) is 5.42. The zero-order chi connectivity index (χ0) is 7.68. The third-order valence-electron chi connectivity index (χ3n) is 1.60. The van der Waals surface area contributed by atoms with E-state index in [1.165, 1.54) is 0 Å². The molecule has 0 bridgehead atoms. The van der Waals surface area contributed by atoms with Crippen molar-refractivity contribution in [2.24, 2.45) is 0 Å². The van der Waals surface area contributed by atoms with Gasteiger partial charge < -0.3 is 0 Å². The third-order valence-corrected chi connectivity index (χ3v) is 1.60. The molecule has 0 saturated heterocycles. The largest absolute Gasteiger partial charge is 0.297 e. The highest BCUT2D eigenvalue weighted by Crippen LogP contribution is 2.10. The summed E-state index contributed by atoms with van der Waals surface area (Å²) >= 11 is 0. The van der Waals surface area contributed by atoms with Crippen LogP contribution in [-0.4, -0.2) is 9.55 Å². The molecule has 53 valence electrons. The summed E-state index contributed by atoms with van der Waals surface area (Å²) in [5.74, 6) is 0. The molecule has 11 heavy (non-hydrogen) atoms. The van der Waals surface area contributed by atoms with Gasteiger partial charge in [0.15, 0.2) is 6.33 Å². The van der Waals surface area contributed by atoms with Gasteiger partial charge in [-0.2, -0.15) is 0 Å². The molecule has 0 fully saturated rings. The summed E-state index contributed by atoms with van der Waals surface area (Å²) in [4.78, 5) is 4.06. The summed E-state index contributed by atoms with van der Waals surface area (Å²) in [7, 11) is 0. The SMILES string of the molecule is C=Cn1[c]nc2ccccc21. The number of imidazole rings is 1. The lowest BCUT2D eigenvalue weighted by Gasteiger charge is -1.91. The van der Waals surface area contributed by atoms with Crippen LogP contribution in [0.2, 0.25) is 0 Å². The lowest BCUT2D eigenvalue weighted by molar-refractivity contribution is 1.16. The molecule has 1 radical (unpaired) electrons. The van der Waals surface area contributed by atoms with Gasteiger partial charge in [0.1, 0.15) is 0 Å². The highest BCUT2D eigenvalue weighted by Gasteiger charge is 1.96. The molecule has 2 nitrogen and oxygen atoms in total. The molecule has 0 saturated carbocycles. The van der Waals surface area contributed by atoms with E-state index in [9.17, 15) is 0 Å². The van der Waals surface area contributed by atoms with Gasteiger partial charge in [-0.25, -0.2) is 4.98 Å². The Balaban J connectivity index is 2.86. The Hall–Kier alpha value is -1.57. The molecular weight excluding hydrogens is 136 g/mol. The second kappa shape index (κ2) is 2.23. The van der Waals surface area contributed by atoms with Crippen LogP contribution in [0.4, 0.5) is 0 Å². The standard InChI is InChI=1S/C9H7N2/c1-2-11-7-10-8-5-3-4-6-9(8)11/h2-6H,1H2. The fourth-order valence-electron chi connectivity index (χ4n) is 1.06. The molecule has 0 amide bonds. The maximum absolute atomic E-state index is 4.06. The van der Waals surface area contributed by atoms with Crippen LogP contribution in [0, 0.1) is 6.33 Å². The summed E-state index contributed by atoms with van der Waals surface area (Å²) in [5.41, 5.74) is 2.00. The first-order valence-electron chi connectivity index (χ1n) is 3.39. The maximum atomic E-state index is 4.06. The van der Waals surface area contributed by atoms with Crippen molar-refractivity contribution >= 4 is 17.2 Å². The lowest BCUT2D eigenvalue weighted by atomic mass is 10.3. The highest BCUT2D eigenvalue weighted by molar-refractivity contribution is 5.76. The number of fused-ring (bicyclic) bond motifs is 1. The van der Waals surface area contributed by atoms with Crippen LogP contribution < -0.4 is 0 Å². The predicted molar refractivity (Wildman–Crippen MR) is 45.0 cm³/mol. The highest BCUT2D eigenvalue weighted by atomic mass is 15.0. The van der Waals surface area contributed by atoms with Crippen LogP contribution in [0.25, 0.3) is 17.2 Å². The second-order valence-electron chi connectivity index (χ2n) is 2.25. The molecule has 0 N–H and O–H groups in total. The van der Waals surface area contributed by atoms with Crippen LogP contribution in [0.5, 0.6) is 0 Å². The average Bonchev–Trinajstić information content (AvgIpc) is 2.47. The van der Waals surface area contributed by atoms with Crippen LogP contribution >= 0.6 is 0 Å². The van der Waals surface area contributed by atoms with Gasteiger partial charge >= 0.3 is 0 Å². The molecule has 0 atom stereocenters. The van der Waals surface area contributed by atoms with Crippen molar-refractivity contribution in [1.29, 1.82) is 0 Å². The molecule has 2 heteroatoms. The minimum atomic E-state index is 0.951. The van der Waals surface area contributed by atoms with Gasteiger partial charge in [0.05, 0.1) is 11.0 Å². The van der Waals surface area contributed by atoms with Crippen molar-refractivity contribution in [3.8, 4) is 0 Å². The average molecular weight is 143 g/mol. The topological polar surface area (TPSA) is 17.8 Å². The predicted octanol–water partition coefficient (Wildman–Crippen LogP) is 1.94. The minimum absolute atomic E-state index is 0.951. The number of nitrogens with zero attached hydrogens (tertiary/aromatic N) is 2. The summed E-state index contributed by atoms with van der Waals surface area (Å²) < 4.78 is 1.77. The summed E-state index contributed by atoms with van der Waals surface area (Å²) in [5, 5.41) is 0. The fraction of sp³-hybridized carbons (Fsp3) is 0. The summed E-state index contributed by atoms with van der Waals surface area (Å²) in [6, 6.07) is 7.86. The Kier molecular flexibility index (Phi) is 1.25. The van der Waals surface area contributed by atoms with Crippen molar-refractivity contribution in [1.82, 2.24) is 9.55 Å². The first-order valence-corrected chi connectivity index (χ1v) is 3.39. The maximum Gasteiger partial charge on any atom is 0.182 e. The lowest BCUT2D eigenvalue weighted by Crippen LogP contribution is -1.80. The van der Waals surface area contributed by atoms with E-state index < -0.39 is 0 Å². The molecule has 0 aliphatic rings. The quantitative estimate of drug-likeness (QED) is 0.596. The smallest absolute Gasteiger partial charge is 0.182 e. The molecule has 2 aromatic rings. The van der Waals surface area contributed by atoms with Gasteiger partial charge in [0.2, 0.25) is 0 Å². The second-order valence-corrected chi connectivity index (χ2v) is 2.25. The van der Waals surface area contributed by atoms with Crippen LogP contribution in [0.15, 0.2) is 30.8 Å². The number of hydrogen-bond acceptors (Lipinski definition) is 1. The van der Waals surface area contributed by atoms with E-state index in [0.717, 1.165) is 11.0 Å². The normalized spacial score (nSPS) is 10.2. The minimum Gasteiger partial charge on any atom is -0.297 e. The number of para-hydroxylation sites is 2. The van der Waals surface area contributed by atoms with Crippen molar-refractivity contribution in [2.45, 2.75) is 0 Å². The van der Waals surface area contributed by atoms with E-state index in [2.05, 4.69) is 17.9 Å². The van der Waals surface area contributed by atoms with Gasteiger partial charge in [0, 0.05) is 6.20 Å². The molecule has 1 aromatic heterocycles. The van der Waals surface area contributed by atoms with E-state index in [1.54, 1.807) is 10.8 Å². The summed E-state index contributed by atoms with van der Waals surface area (Å²) in [6.45, 7) is 3.64. The van der Waals surface area contributed by atoms with Gasteiger partial charge in [-0.3, -0.25) is 4.57 Å². The molecule has 0 unspecified atom stereocenters. The number of aromatic nitrogens is 2. The number of rotatable bonds is 1. The van der Waals surface area contributed by atoms with E-state index >= 15 is 0 Å². The molecule has 0 aliphatic carbocycles. The van der Waals surface area contributed by atoms with Gasteiger partial charge in [-0.15, -0.1) is 0 Å². The van der Waals surface area contributed by atoms with Crippen molar-refractivity contribution in [3.05, 3.63) is 37.2 Å². The monoisotopic (exact) mass is 143 g/mol. The Morgan fingerprint density at radius 3 is 3.09 bits per heavy atom. The van der Waals surface area contributed by atoms with Crippen LogP contribution in [0.3, 0.4) is 0 Å². The van der Waals surface area contributed by atoms with Crippen molar-refractivity contribution < 1.29 is 0 Å². The van der Waals surface area contributed by atoms with E-state index in [0.29, 0.717) is 0 Å². The molecule has 1 aromatic carbocycles. The Morgan fingerprint density at radius 2 is 2.27 bits per heavy atom. The van der Waals surface area contributed by atoms with Crippen molar-refractivity contribution in [3.63, 3.8) is 0 Å². The fourth-order valence-corrected chi connectivity index (χ4v) is 1.06. The van der Waals surface area contributed by atoms with E-state index in [-0.39, 0.29) is 0 Å². The van der Waals surface area contributed by atoms with Gasteiger partial charge in [-0.05, 0) is 12.1 Å². The van der Waals surface area contributed by atoms with E-state index in [4.69, 9.17) is 0 Å². The zero-order valence-electron chi connectivity index (χ0n) is 5.99. The first kappa shape index (κ1) is 6.16. The molecule has 0 spiro atoms. The van der Waals surface area contributed by atoms with Crippen LogP contribution in [0.1, 0.15) is 0 Å².